The molecule has 0 radical (unpaired) electrons. The molecule has 0 amide bonds. The summed E-state index contributed by atoms with van der Waals surface area (Å²) in [6.45, 7) is 13.7. The third-order valence-electron chi connectivity index (χ3n) is 6.34. The van der Waals surface area contributed by atoms with Crippen LogP contribution in [0.3, 0.4) is 0 Å². The molecule has 0 aliphatic carbocycles. The summed E-state index contributed by atoms with van der Waals surface area (Å²) in [5, 5.41) is 3.47. The third kappa shape index (κ3) is 6.94. The molecule has 1 unspecified atom stereocenters. The quantitative estimate of drug-likeness (QED) is 0.407. The molecule has 1 atom stereocenters. The van der Waals surface area contributed by atoms with Gasteiger partial charge in [0.1, 0.15) is 0 Å². The van der Waals surface area contributed by atoms with Crippen molar-refractivity contribution in [3.63, 3.8) is 0 Å². The van der Waals surface area contributed by atoms with Crippen molar-refractivity contribution in [1.82, 2.24) is 20.0 Å². The fourth-order valence-electron chi connectivity index (χ4n) is 4.42. The van der Waals surface area contributed by atoms with Crippen LogP contribution in [0.5, 0.6) is 0 Å². The maximum Gasteiger partial charge on any atom is 0.310 e. The summed E-state index contributed by atoms with van der Waals surface area (Å²) < 4.78 is 5.22. The number of guanidine groups is 1. The number of likely N-dealkylation sites (tertiary alicyclic amines) is 1. The molecule has 0 spiro atoms. The zero-order valence-electron chi connectivity index (χ0n) is 19.5. The van der Waals surface area contributed by atoms with Crippen LogP contribution in [0.15, 0.2) is 29.3 Å². The maximum absolute atomic E-state index is 12.1. The van der Waals surface area contributed by atoms with E-state index in [9.17, 15) is 4.79 Å². The van der Waals surface area contributed by atoms with Crippen molar-refractivity contribution in [2.24, 2.45) is 10.9 Å². The van der Waals surface area contributed by atoms with Crippen molar-refractivity contribution in [3.05, 3.63) is 35.4 Å². The Morgan fingerprint density at radius 3 is 2.39 bits per heavy atom. The number of nitrogens with zero attached hydrogens (tertiary/aromatic N) is 4. The Balaban J connectivity index is 1.47. The van der Waals surface area contributed by atoms with Crippen molar-refractivity contribution in [2.75, 3.05) is 59.5 Å². The average molecular weight is 430 g/mol. The number of hydrogen-bond acceptors (Lipinski definition) is 5. The number of piperazine rings is 1. The molecule has 1 aromatic rings. The zero-order chi connectivity index (χ0) is 22.1. The van der Waals surface area contributed by atoms with E-state index in [1.807, 2.05) is 6.92 Å². The van der Waals surface area contributed by atoms with Crippen molar-refractivity contribution in [2.45, 2.75) is 39.8 Å². The van der Waals surface area contributed by atoms with E-state index >= 15 is 0 Å². The van der Waals surface area contributed by atoms with E-state index in [-0.39, 0.29) is 11.9 Å². The van der Waals surface area contributed by atoms with Crippen LogP contribution in [0, 0.1) is 5.92 Å². The zero-order valence-corrected chi connectivity index (χ0v) is 19.5. The van der Waals surface area contributed by atoms with Gasteiger partial charge in [0.25, 0.3) is 0 Å². The first-order valence-corrected chi connectivity index (χ1v) is 11.8. The lowest BCUT2D eigenvalue weighted by atomic mass is 9.98. The Morgan fingerprint density at radius 2 is 1.74 bits per heavy atom. The predicted octanol–water partition coefficient (Wildman–Crippen LogP) is 2.17. The summed E-state index contributed by atoms with van der Waals surface area (Å²) in [6, 6.07) is 8.89. The van der Waals surface area contributed by atoms with E-state index < -0.39 is 0 Å². The van der Waals surface area contributed by atoms with Gasteiger partial charge in [-0.1, -0.05) is 31.2 Å². The van der Waals surface area contributed by atoms with Crippen LogP contribution in [0.2, 0.25) is 0 Å². The van der Waals surface area contributed by atoms with Crippen molar-refractivity contribution >= 4 is 11.9 Å². The highest BCUT2D eigenvalue weighted by Crippen LogP contribution is 2.18. The molecule has 1 aromatic carbocycles. The lowest BCUT2D eigenvalue weighted by Gasteiger charge is -2.34. The highest BCUT2D eigenvalue weighted by molar-refractivity contribution is 5.81. The van der Waals surface area contributed by atoms with Crippen LogP contribution in [-0.2, 0) is 22.6 Å². The summed E-state index contributed by atoms with van der Waals surface area (Å²) in [6.07, 6.45) is 1.87. The summed E-state index contributed by atoms with van der Waals surface area (Å²) in [5.74, 6) is 0.701. The Labute approximate surface area is 187 Å². The van der Waals surface area contributed by atoms with E-state index in [2.05, 4.69) is 56.2 Å². The highest BCUT2D eigenvalue weighted by Gasteiger charge is 2.28. The normalized spacial score (nSPS) is 21.2. The van der Waals surface area contributed by atoms with Gasteiger partial charge in [-0.05, 0) is 37.4 Å². The van der Waals surface area contributed by atoms with Crippen LogP contribution >= 0.6 is 0 Å². The predicted molar refractivity (Wildman–Crippen MR) is 125 cm³/mol. The molecule has 31 heavy (non-hydrogen) atoms. The molecule has 3 rings (SSSR count). The second-order valence-electron chi connectivity index (χ2n) is 8.46. The summed E-state index contributed by atoms with van der Waals surface area (Å²) >= 11 is 0. The average Bonchev–Trinajstić information content (AvgIpc) is 2.81. The molecule has 2 aliphatic heterocycles. The second-order valence-corrected chi connectivity index (χ2v) is 8.46. The molecular formula is C24H39N5O2. The summed E-state index contributed by atoms with van der Waals surface area (Å²) in [5.41, 5.74) is 2.60. The maximum atomic E-state index is 12.1. The van der Waals surface area contributed by atoms with Gasteiger partial charge >= 0.3 is 5.97 Å². The number of carbonyl (C=O) groups is 1. The SMILES string of the molecule is CCOC(=O)C1CCCN(C(=NC)NCc2ccc(CN3CCN(CC)CC3)cc2)C1. The number of benzene rings is 1. The minimum Gasteiger partial charge on any atom is -0.466 e. The monoisotopic (exact) mass is 429 g/mol. The van der Waals surface area contributed by atoms with E-state index in [0.717, 1.165) is 58.1 Å². The fourth-order valence-corrected chi connectivity index (χ4v) is 4.42. The van der Waals surface area contributed by atoms with Gasteiger partial charge < -0.3 is 19.9 Å². The van der Waals surface area contributed by atoms with Crippen molar-refractivity contribution in [1.29, 1.82) is 0 Å². The van der Waals surface area contributed by atoms with Crippen LogP contribution in [0.1, 0.15) is 37.8 Å². The molecule has 1 N–H and O–H groups in total. The Kier molecular flexibility index (Phi) is 9.15. The minimum atomic E-state index is -0.0886. The fraction of sp³-hybridized carbons (Fsp3) is 0.667. The van der Waals surface area contributed by atoms with Crippen LogP contribution in [-0.4, -0.2) is 86.1 Å². The first-order chi connectivity index (χ1) is 15.1. The van der Waals surface area contributed by atoms with Gasteiger partial charge in [-0.25, -0.2) is 0 Å². The molecule has 0 bridgehead atoms. The first kappa shape index (κ1) is 23.5. The summed E-state index contributed by atoms with van der Waals surface area (Å²) in [7, 11) is 1.80. The Hall–Kier alpha value is -2.12. The van der Waals surface area contributed by atoms with Gasteiger partial charge in [0.05, 0.1) is 12.5 Å². The molecule has 2 aliphatic rings. The van der Waals surface area contributed by atoms with E-state index in [0.29, 0.717) is 13.2 Å². The molecule has 2 heterocycles. The van der Waals surface area contributed by atoms with E-state index in [1.54, 1.807) is 7.05 Å². The highest BCUT2D eigenvalue weighted by atomic mass is 16.5. The molecule has 2 fully saturated rings. The number of ether oxygens (including phenoxy) is 1. The van der Waals surface area contributed by atoms with Gasteiger partial charge in [0.15, 0.2) is 5.96 Å². The van der Waals surface area contributed by atoms with E-state index in [1.165, 1.54) is 24.2 Å². The third-order valence-corrected chi connectivity index (χ3v) is 6.34. The topological polar surface area (TPSA) is 60.4 Å². The van der Waals surface area contributed by atoms with Gasteiger partial charge in [-0.2, -0.15) is 0 Å². The number of likely N-dealkylation sites (N-methyl/N-ethyl adjacent to an activating group) is 1. The first-order valence-electron chi connectivity index (χ1n) is 11.8. The molecule has 7 heteroatoms. The van der Waals surface area contributed by atoms with Crippen LogP contribution in [0.25, 0.3) is 0 Å². The van der Waals surface area contributed by atoms with Gasteiger partial charge in [-0.15, -0.1) is 0 Å². The molecule has 7 nitrogen and oxygen atoms in total. The van der Waals surface area contributed by atoms with Gasteiger partial charge in [0, 0.05) is 59.4 Å². The number of esters is 1. The number of aliphatic imine (C=N–C) groups is 1. The van der Waals surface area contributed by atoms with E-state index in [4.69, 9.17) is 4.74 Å². The molecule has 2 saturated heterocycles. The molecular weight excluding hydrogens is 390 g/mol. The number of rotatable bonds is 7. The number of nitrogens with one attached hydrogen (secondary N) is 1. The van der Waals surface area contributed by atoms with Gasteiger partial charge in [0.2, 0.25) is 0 Å². The lowest BCUT2D eigenvalue weighted by molar-refractivity contribution is -0.149. The van der Waals surface area contributed by atoms with Crippen LogP contribution in [0.4, 0.5) is 0 Å². The largest absolute Gasteiger partial charge is 0.466 e. The smallest absolute Gasteiger partial charge is 0.310 e. The standard InChI is InChI=1S/C24H39N5O2/c1-4-27-13-15-28(16-14-27)18-21-10-8-20(9-11-21)17-26-24(25-3)29-12-6-7-22(19-29)23(30)31-5-2/h8-11,22H,4-7,12-19H2,1-3H3,(H,25,26). The molecule has 0 aromatic heterocycles. The van der Waals surface area contributed by atoms with Crippen molar-refractivity contribution in [3.8, 4) is 0 Å². The molecule has 172 valence electrons. The number of piperidine rings is 1. The van der Waals surface area contributed by atoms with Crippen molar-refractivity contribution < 1.29 is 9.53 Å². The summed E-state index contributed by atoms with van der Waals surface area (Å²) in [4.78, 5) is 23.8. The van der Waals surface area contributed by atoms with Crippen LogP contribution < -0.4 is 5.32 Å². The Bertz CT molecular complexity index is 713. The lowest BCUT2D eigenvalue weighted by Crippen LogP contribution is -2.48. The van der Waals surface area contributed by atoms with Gasteiger partial charge in [-0.3, -0.25) is 14.7 Å². The second kappa shape index (κ2) is 12.1. The Morgan fingerprint density at radius 1 is 1.06 bits per heavy atom. The molecule has 0 saturated carbocycles. The number of hydrogen-bond donors (Lipinski definition) is 1. The number of carbonyl (C=O) groups excluding carboxylic acids is 1. The minimum absolute atomic E-state index is 0.0641.